The number of carbonyl (C=O) groups is 1. The number of ether oxygens (including phenoxy) is 1. The Labute approximate surface area is 168 Å². The summed E-state index contributed by atoms with van der Waals surface area (Å²) in [5, 5.41) is 11.4. The third-order valence-corrected chi connectivity index (χ3v) is 5.56. The summed E-state index contributed by atoms with van der Waals surface area (Å²) in [5.41, 5.74) is 2.76. The maximum absolute atomic E-state index is 12.1. The van der Waals surface area contributed by atoms with Crippen molar-refractivity contribution in [3.63, 3.8) is 0 Å². The minimum Gasteiger partial charge on any atom is -0.497 e. The Balaban J connectivity index is 1.53. The SMILES string of the molecule is COc1ccc(N2CCN([C@@H](C(=O)O)c3c[nH]c4ccc(Cl)cc34)CC2)cc1. The van der Waals surface area contributed by atoms with Gasteiger partial charge in [0.05, 0.1) is 7.11 Å². The Morgan fingerprint density at radius 1 is 1.14 bits per heavy atom. The highest BCUT2D eigenvalue weighted by atomic mass is 35.5. The molecule has 0 unspecified atom stereocenters. The topological polar surface area (TPSA) is 68.8 Å². The first-order valence-electron chi connectivity index (χ1n) is 9.19. The average molecular weight is 400 g/mol. The normalized spacial score (nSPS) is 16.3. The smallest absolute Gasteiger partial charge is 0.325 e. The minimum absolute atomic E-state index is 0.599. The van der Waals surface area contributed by atoms with Crippen LogP contribution in [0, 0.1) is 0 Å². The molecule has 2 aromatic carbocycles. The summed E-state index contributed by atoms with van der Waals surface area (Å²) in [6.07, 6.45) is 1.79. The number of hydrogen-bond donors (Lipinski definition) is 2. The van der Waals surface area contributed by atoms with Crippen molar-refractivity contribution in [1.29, 1.82) is 0 Å². The standard InChI is InChI=1S/C21H22ClN3O3/c1-28-16-5-3-15(4-6-16)24-8-10-25(11-9-24)20(21(26)27)18-13-23-19-7-2-14(22)12-17(18)19/h2-7,12-13,20,23H,8-11H2,1H3,(H,26,27)/t20-/m1/s1. The Hall–Kier alpha value is -2.70. The Bertz CT molecular complexity index is 978. The fourth-order valence-electron chi connectivity index (χ4n) is 3.86. The highest BCUT2D eigenvalue weighted by Gasteiger charge is 2.32. The van der Waals surface area contributed by atoms with Crippen molar-refractivity contribution in [2.75, 3.05) is 38.2 Å². The van der Waals surface area contributed by atoms with Crippen LogP contribution in [0.1, 0.15) is 11.6 Å². The molecule has 2 N–H and O–H groups in total. The maximum atomic E-state index is 12.1. The molecule has 1 fully saturated rings. The summed E-state index contributed by atoms with van der Waals surface area (Å²) in [7, 11) is 1.65. The lowest BCUT2D eigenvalue weighted by atomic mass is 10.0. The Morgan fingerprint density at radius 3 is 2.50 bits per heavy atom. The first-order valence-corrected chi connectivity index (χ1v) is 9.57. The molecule has 1 atom stereocenters. The molecule has 0 aliphatic carbocycles. The molecule has 1 aliphatic heterocycles. The predicted octanol–water partition coefficient (Wildman–Crippen LogP) is 3.78. The van der Waals surface area contributed by atoms with Gasteiger partial charge in [0.25, 0.3) is 0 Å². The molecule has 4 rings (SSSR count). The number of hydrogen-bond acceptors (Lipinski definition) is 4. The number of rotatable bonds is 5. The summed E-state index contributed by atoms with van der Waals surface area (Å²) in [6.45, 7) is 2.85. The van der Waals surface area contributed by atoms with E-state index in [0.717, 1.165) is 41.0 Å². The summed E-state index contributed by atoms with van der Waals surface area (Å²) >= 11 is 6.14. The zero-order valence-electron chi connectivity index (χ0n) is 15.6. The number of carboxylic acids is 1. The van der Waals surface area contributed by atoms with Crippen LogP contribution in [0.5, 0.6) is 5.75 Å². The summed E-state index contributed by atoms with van der Waals surface area (Å²) in [4.78, 5) is 19.6. The van der Waals surface area contributed by atoms with Gasteiger partial charge in [-0.3, -0.25) is 9.69 Å². The fourth-order valence-corrected chi connectivity index (χ4v) is 4.03. The highest BCUT2D eigenvalue weighted by molar-refractivity contribution is 6.31. The molecule has 0 bridgehead atoms. The van der Waals surface area contributed by atoms with Crippen LogP contribution >= 0.6 is 11.6 Å². The van der Waals surface area contributed by atoms with E-state index in [1.807, 2.05) is 41.3 Å². The van der Waals surface area contributed by atoms with E-state index in [4.69, 9.17) is 16.3 Å². The van der Waals surface area contributed by atoms with Crippen molar-refractivity contribution in [3.8, 4) is 5.75 Å². The van der Waals surface area contributed by atoms with Gasteiger partial charge in [0.15, 0.2) is 0 Å². The van der Waals surface area contributed by atoms with Gasteiger partial charge in [0.2, 0.25) is 0 Å². The molecule has 7 heteroatoms. The summed E-state index contributed by atoms with van der Waals surface area (Å²) < 4.78 is 5.21. The molecule has 6 nitrogen and oxygen atoms in total. The Morgan fingerprint density at radius 2 is 1.86 bits per heavy atom. The lowest BCUT2D eigenvalue weighted by Gasteiger charge is -2.38. The molecular weight excluding hydrogens is 378 g/mol. The number of benzene rings is 2. The predicted molar refractivity (Wildman–Crippen MR) is 110 cm³/mol. The van der Waals surface area contributed by atoms with E-state index in [1.54, 1.807) is 19.4 Å². The van der Waals surface area contributed by atoms with Crippen LogP contribution in [0.25, 0.3) is 10.9 Å². The number of methoxy groups -OCH3 is 1. The van der Waals surface area contributed by atoms with E-state index in [-0.39, 0.29) is 0 Å². The highest BCUT2D eigenvalue weighted by Crippen LogP contribution is 2.32. The summed E-state index contributed by atoms with van der Waals surface area (Å²) in [5.74, 6) is -0.0231. The third-order valence-electron chi connectivity index (χ3n) is 5.32. The molecule has 0 radical (unpaired) electrons. The second kappa shape index (κ2) is 7.73. The molecule has 1 aliphatic rings. The first kappa shape index (κ1) is 18.7. The van der Waals surface area contributed by atoms with Crippen LogP contribution in [-0.2, 0) is 4.79 Å². The van der Waals surface area contributed by atoms with E-state index < -0.39 is 12.0 Å². The largest absolute Gasteiger partial charge is 0.497 e. The van der Waals surface area contributed by atoms with E-state index >= 15 is 0 Å². The van der Waals surface area contributed by atoms with Gasteiger partial charge in [-0.15, -0.1) is 0 Å². The third kappa shape index (κ3) is 3.53. The molecule has 1 saturated heterocycles. The number of nitrogens with zero attached hydrogens (tertiary/aromatic N) is 2. The molecule has 28 heavy (non-hydrogen) atoms. The number of nitrogens with one attached hydrogen (secondary N) is 1. The minimum atomic E-state index is -0.848. The van der Waals surface area contributed by atoms with Crippen molar-refractivity contribution < 1.29 is 14.6 Å². The monoisotopic (exact) mass is 399 g/mol. The van der Waals surface area contributed by atoms with Gasteiger partial charge < -0.3 is 19.7 Å². The second-order valence-corrected chi connectivity index (χ2v) is 7.33. The zero-order chi connectivity index (χ0) is 19.7. The van der Waals surface area contributed by atoms with Gasteiger partial charge in [-0.2, -0.15) is 0 Å². The van der Waals surface area contributed by atoms with Crippen LogP contribution < -0.4 is 9.64 Å². The van der Waals surface area contributed by atoms with Gasteiger partial charge in [-0.25, -0.2) is 0 Å². The number of aromatic nitrogens is 1. The van der Waals surface area contributed by atoms with E-state index in [2.05, 4.69) is 9.88 Å². The van der Waals surface area contributed by atoms with Crippen molar-refractivity contribution in [2.24, 2.45) is 0 Å². The van der Waals surface area contributed by atoms with Gasteiger partial charge in [0.1, 0.15) is 11.8 Å². The van der Waals surface area contributed by atoms with Crippen molar-refractivity contribution in [3.05, 3.63) is 59.2 Å². The number of H-pyrrole nitrogens is 1. The molecule has 146 valence electrons. The molecule has 2 heterocycles. The van der Waals surface area contributed by atoms with Gasteiger partial charge in [0, 0.05) is 59.6 Å². The molecule has 0 spiro atoms. The van der Waals surface area contributed by atoms with Crippen LogP contribution in [-0.4, -0.2) is 54.2 Å². The average Bonchev–Trinajstić information content (AvgIpc) is 3.11. The van der Waals surface area contributed by atoms with Gasteiger partial charge in [-0.1, -0.05) is 11.6 Å². The van der Waals surface area contributed by atoms with Crippen molar-refractivity contribution >= 4 is 34.2 Å². The van der Waals surface area contributed by atoms with E-state index in [1.165, 1.54) is 0 Å². The number of aliphatic carboxylic acids is 1. The van der Waals surface area contributed by atoms with Crippen LogP contribution in [0.3, 0.4) is 0 Å². The van der Waals surface area contributed by atoms with E-state index in [0.29, 0.717) is 18.1 Å². The van der Waals surface area contributed by atoms with Gasteiger partial charge in [-0.05, 0) is 42.5 Å². The zero-order valence-corrected chi connectivity index (χ0v) is 16.3. The van der Waals surface area contributed by atoms with Crippen LogP contribution in [0.15, 0.2) is 48.7 Å². The van der Waals surface area contributed by atoms with E-state index in [9.17, 15) is 9.90 Å². The van der Waals surface area contributed by atoms with Crippen molar-refractivity contribution in [1.82, 2.24) is 9.88 Å². The molecule has 0 saturated carbocycles. The maximum Gasteiger partial charge on any atom is 0.325 e. The van der Waals surface area contributed by atoms with Crippen LogP contribution in [0.2, 0.25) is 5.02 Å². The quantitative estimate of drug-likeness (QED) is 0.683. The number of aromatic amines is 1. The first-order chi connectivity index (χ1) is 13.6. The van der Waals surface area contributed by atoms with Crippen molar-refractivity contribution in [2.45, 2.75) is 6.04 Å². The number of halogens is 1. The summed E-state index contributed by atoms with van der Waals surface area (Å²) in [6, 6.07) is 12.7. The number of piperazine rings is 1. The second-order valence-electron chi connectivity index (χ2n) is 6.90. The fraction of sp³-hybridized carbons (Fsp3) is 0.286. The van der Waals surface area contributed by atoms with Crippen LogP contribution in [0.4, 0.5) is 5.69 Å². The molecular formula is C21H22ClN3O3. The molecule has 1 aromatic heterocycles. The lowest BCUT2D eigenvalue weighted by Crippen LogP contribution is -2.49. The molecule has 3 aromatic rings. The Kier molecular flexibility index (Phi) is 5.15. The lowest BCUT2D eigenvalue weighted by molar-refractivity contribution is -0.143. The van der Waals surface area contributed by atoms with Gasteiger partial charge >= 0.3 is 5.97 Å². The number of fused-ring (bicyclic) bond motifs is 1. The number of carboxylic acid groups (broad SMARTS) is 1. The molecule has 0 amide bonds. The number of anilines is 1.